The molecule has 0 radical (unpaired) electrons. The second-order valence-electron chi connectivity index (χ2n) is 4.30. The summed E-state index contributed by atoms with van der Waals surface area (Å²) in [6.45, 7) is 0.807. The van der Waals surface area contributed by atoms with Crippen LogP contribution in [0.4, 0.5) is 11.4 Å². The SMILES string of the molecule is C#CCOc1ccc(CNc2cccc([N+](=O)[O-])c2)cc1. The van der Waals surface area contributed by atoms with Crippen LogP contribution >= 0.6 is 0 Å². The summed E-state index contributed by atoms with van der Waals surface area (Å²) in [5.41, 5.74) is 1.81. The van der Waals surface area contributed by atoms with E-state index in [4.69, 9.17) is 11.2 Å². The average molecular weight is 282 g/mol. The number of ether oxygens (including phenoxy) is 1. The minimum absolute atomic E-state index is 0.0676. The number of hydrogen-bond acceptors (Lipinski definition) is 4. The van der Waals surface area contributed by atoms with E-state index in [2.05, 4.69) is 11.2 Å². The number of terminal acetylenes is 1. The fourth-order valence-electron chi connectivity index (χ4n) is 1.76. The molecule has 0 aliphatic heterocycles. The first kappa shape index (κ1) is 14.4. The lowest BCUT2D eigenvalue weighted by Crippen LogP contribution is -2.00. The van der Waals surface area contributed by atoms with Gasteiger partial charge in [0.1, 0.15) is 12.4 Å². The van der Waals surface area contributed by atoms with Crippen LogP contribution in [0.2, 0.25) is 0 Å². The standard InChI is InChI=1S/C16H14N2O3/c1-2-10-21-16-8-6-13(7-9-16)12-17-14-4-3-5-15(11-14)18(19)20/h1,3-9,11,17H,10,12H2. The molecule has 2 rings (SSSR count). The highest BCUT2D eigenvalue weighted by atomic mass is 16.6. The zero-order valence-electron chi connectivity index (χ0n) is 11.3. The van der Waals surface area contributed by atoms with Gasteiger partial charge in [0.15, 0.2) is 0 Å². The molecular weight excluding hydrogens is 268 g/mol. The number of benzene rings is 2. The zero-order valence-corrected chi connectivity index (χ0v) is 11.3. The second kappa shape index (κ2) is 6.96. The normalized spacial score (nSPS) is 9.67. The van der Waals surface area contributed by atoms with Crippen molar-refractivity contribution in [2.75, 3.05) is 11.9 Å². The van der Waals surface area contributed by atoms with Crippen LogP contribution in [0.25, 0.3) is 0 Å². The van der Waals surface area contributed by atoms with Gasteiger partial charge in [0, 0.05) is 24.4 Å². The third kappa shape index (κ3) is 4.25. The quantitative estimate of drug-likeness (QED) is 0.502. The number of nitro benzene ring substituents is 1. The van der Waals surface area contributed by atoms with Gasteiger partial charge >= 0.3 is 0 Å². The second-order valence-corrected chi connectivity index (χ2v) is 4.30. The number of nitrogens with zero attached hydrogens (tertiary/aromatic N) is 1. The Bertz CT molecular complexity index is 660. The molecule has 0 fully saturated rings. The molecule has 0 aliphatic carbocycles. The van der Waals surface area contributed by atoms with Crippen LogP contribution < -0.4 is 10.1 Å². The molecule has 0 unspecified atom stereocenters. The van der Waals surface area contributed by atoms with Gasteiger partial charge < -0.3 is 10.1 Å². The van der Waals surface area contributed by atoms with E-state index in [1.807, 2.05) is 24.3 Å². The summed E-state index contributed by atoms with van der Waals surface area (Å²) in [5, 5.41) is 13.8. The Labute approximate surface area is 122 Å². The smallest absolute Gasteiger partial charge is 0.271 e. The van der Waals surface area contributed by atoms with Crippen molar-refractivity contribution in [2.45, 2.75) is 6.54 Å². The third-order valence-corrected chi connectivity index (χ3v) is 2.80. The topological polar surface area (TPSA) is 64.4 Å². The van der Waals surface area contributed by atoms with Crippen LogP contribution in [0.3, 0.4) is 0 Å². The highest BCUT2D eigenvalue weighted by Gasteiger charge is 2.05. The molecule has 0 bridgehead atoms. The highest BCUT2D eigenvalue weighted by Crippen LogP contribution is 2.18. The van der Waals surface area contributed by atoms with E-state index in [1.54, 1.807) is 12.1 Å². The molecule has 21 heavy (non-hydrogen) atoms. The van der Waals surface area contributed by atoms with Crippen molar-refractivity contribution in [2.24, 2.45) is 0 Å². The average Bonchev–Trinajstić information content (AvgIpc) is 2.52. The predicted molar refractivity (Wildman–Crippen MR) is 81.2 cm³/mol. The Balaban J connectivity index is 1.95. The maximum absolute atomic E-state index is 10.7. The lowest BCUT2D eigenvalue weighted by Gasteiger charge is -2.07. The van der Waals surface area contributed by atoms with Gasteiger partial charge in [-0.15, -0.1) is 6.42 Å². The van der Waals surface area contributed by atoms with Crippen LogP contribution in [0, 0.1) is 22.5 Å². The molecule has 5 nitrogen and oxygen atoms in total. The van der Waals surface area contributed by atoms with E-state index in [0.717, 1.165) is 5.56 Å². The zero-order chi connectivity index (χ0) is 15.1. The van der Waals surface area contributed by atoms with Crippen molar-refractivity contribution in [3.8, 4) is 18.1 Å². The molecule has 0 heterocycles. The molecule has 0 spiro atoms. The van der Waals surface area contributed by atoms with Crippen molar-refractivity contribution in [1.82, 2.24) is 0 Å². The Morgan fingerprint density at radius 1 is 1.24 bits per heavy atom. The molecular formula is C16H14N2O3. The summed E-state index contributed by atoms with van der Waals surface area (Å²) in [6, 6.07) is 13.9. The van der Waals surface area contributed by atoms with Crippen LogP contribution in [-0.4, -0.2) is 11.5 Å². The predicted octanol–water partition coefficient (Wildman–Crippen LogP) is 3.22. The van der Waals surface area contributed by atoms with Crippen LogP contribution in [0.5, 0.6) is 5.75 Å². The first-order valence-electron chi connectivity index (χ1n) is 6.32. The minimum atomic E-state index is -0.414. The van der Waals surface area contributed by atoms with Gasteiger partial charge in [-0.25, -0.2) is 0 Å². The number of rotatable bonds is 6. The summed E-state index contributed by atoms with van der Waals surface area (Å²) in [5.74, 6) is 3.12. The largest absolute Gasteiger partial charge is 0.481 e. The van der Waals surface area contributed by atoms with Gasteiger partial charge in [-0.2, -0.15) is 0 Å². The van der Waals surface area contributed by atoms with Gasteiger partial charge in [0.2, 0.25) is 0 Å². The number of nitro groups is 1. The van der Waals surface area contributed by atoms with Gasteiger partial charge in [0.25, 0.3) is 5.69 Å². The molecule has 5 heteroatoms. The molecule has 0 aliphatic rings. The van der Waals surface area contributed by atoms with Crippen molar-refractivity contribution in [3.05, 3.63) is 64.2 Å². The summed E-state index contributed by atoms with van der Waals surface area (Å²) in [4.78, 5) is 10.3. The molecule has 0 saturated heterocycles. The van der Waals surface area contributed by atoms with Crippen molar-refractivity contribution in [1.29, 1.82) is 0 Å². The molecule has 2 aromatic carbocycles. The van der Waals surface area contributed by atoms with Gasteiger partial charge in [-0.1, -0.05) is 24.1 Å². The van der Waals surface area contributed by atoms with Crippen LogP contribution in [-0.2, 0) is 6.54 Å². The maximum atomic E-state index is 10.7. The summed E-state index contributed by atoms with van der Waals surface area (Å²) < 4.78 is 5.28. The Morgan fingerprint density at radius 3 is 2.67 bits per heavy atom. The molecule has 0 aromatic heterocycles. The molecule has 106 valence electrons. The third-order valence-electron chi connectivity index (χ3n) is 2.80. The van der Waals surface area contributed by atoms with Crippen LogP contribution in [0.15, 0.2) is 48.5 Å². The monoisotopic (exact) mass is 282 g/mol. The lowest BCUT2D eigenvalue weighted by atomic mass is 10.2. The molecule has 0 atom stereocenters. The summed E-state index contributed by atoms with van der Waals surface area (Å²) in [7, 11) is 0. The highest BCUT2D eigenvalue weighted by molar-refractivity contribution is 5.51. The van der Waals surface area contributed by atoms with Gasteiger partial charge in [0.05, 0.1) is 4.92 Å². The lowest BCUT2D eigenvalue weighted by molar-refractivity contribution is -0.384. The van der Waals surface area contributed by atoms with E-state index >= 15 is 0 Å². The molecule has 1 N–H and O–H groups in total. The van der Waals surface area contributed by atoms with E-state index in [-0.39, 0.29) is 12.3 Å². The molecule has 0 amide bonds. The number of nitrogens with one attached hydrogen (secondary N) is 1. The minimum Gasteiger partial charge on any atom is -0.481 e. The van der Waals surface area contributed by atoms with Gasteiger partial charge in [-0.05, 0) is 23.8 Å². The van der Waals surface area contributed by atoms with Crippen molar-refractivity contribution < 1.29 is 9.66 Å². The summed E-state index contributed by atoms with van der Waals surface area (Å²) >= 11 is 0. The first-order valence-corrected chi connectivity index (χ1v) is 6.32. The van der Waals surface area contributed by atoms with Crippen molar-refractivity contribution >= 4 is 11.4 Å². The number of hydrogen-bond donors (Lipinski definition) is 1. The Morgan fingerprint density at radius 2 is 2.00 bits per heavy atom. The maximum Gasteiger partial charge on any atom is 0.271 e. The number of non-ortho nitro benzene ring substituents is 1. The van der Waals surface area contributed by atoms with Crippen molar-refractivity contribution in [3.63, 3.8) is 0 Å². The number of anilines is 1. The van der Waals surface area contributed by atoms with E-state index in [0.29, 0.717) is 18.0 Å². The molecule has 0 saturated carbocycles. The van der Waals surface area contributed by atoms with Crippen LogP contribution in [0.1, 0.15) is 5.56 Å². The van der Waals surface area contributed by atoms with Gasteiger partial charge in [-0.3, -0.25) is 10.1 Å². The molecule has 2 aromatic rings. The Kier molecular flexibility index (Phi) is 4.78. The van der Waals surface area contributed by atoms with E-state index in [9.17, 15) is 10.1 Å². The first-order chi connectivity index (χ1) is 10.2. The fourth-order valence-corrected chi connectivity index (χ4v) is 1.76. The van der Waals surface area contributed by atoms with E-state index in [1.165, 1.54) is 12.1 Å². The Hall–Kier alpha value is -3.00. The van der Waals surface area contributed by atoms with E-state index < -0.39 is 4.92 Å². The summed E-state index contributed by atoms with van der Waals surface area (Å²) in [6.07, 6.45) is 5.12. The fraction of sp³-hybridized carbons (Fsp3) is 0.125.